The van der Waals surface area contributed by atoms with Gasteiger partial charge < -0.3 is 19.4 Å². The van der Waals surface area contributed by atoms with Gasteiger partial charge in [-0.25, -0.2) is 4.79 Å². The van der Waals surface area contributed by atoms with Gasteiger partial charge in [-0.15, -0.1) is 0 Å². The first kappa shape index (κ1) is 10.7. The number of hydrogen-bond acceptors (Lipinski definition) is 5. The fourth-order valence-corrected chi connectivity index (χ4v) is 0.982. The molecule has 0 aliphatic carbocycles. The number of aliphatic hydroxyl groups excluding tert-OH is 2. The van der Waals surface area contributed by atoms with Crippen molar-refractivity contribution in [2.24, 2.45) is 0 Å². The lowest BCUT2D eigenvalue weighted by Gasteiger charge is -2.14. The monoisotopic (exact) mass is 200 g/mol. The van der Waals surface area contributed by atoms with E-state index in [0.717, 1.165) is 0 Å². The summed E-state index contributed by atoms with van der Waals surface area (Å²) < 4.78 is 9.25. The number of hydrogen-bond donors (Lipinski definition) is 2. The zero-order chi connectivity index (χ0) is 10.6. The Hall–Kier alpha value is -1.33. The van der Waals surface area contributed by atoms with Gasteiger partial charge in [0.15, 0.2) is 6.10 Å². The number of ether oxygens (including phenoxy) is 1. The number of esters is 1. The summed E-state index contributed by atoms with van der Waals surface area (Å²) in [6.07, 6.45) is -0.288. The summed E-state index contributed by atoms with van der Waals surface area (Å²) in [7, 11) is 0. The molecular formula is C9H12O5. The molecule has 1 aromatic rings. The normalized spacial score (nSPS) is 14.8. The summed E-state index contributed by atoms with van der Waals surface area (Å²) in [4.78, 5) is 11.0. The predicted octanol–water partition coefficient (Wildman–Crippen LogP) is 0.237. The highest BCUT2D eigenvalue weighted by Gasteiger charge is 2.27. The summed E-state index contributed by atoms with van der Waals surface area (Å²) in [6, 6.07) is 1.47. The van der Waals surface area contributed by atoms with Crippen LogP contribution in [0.2, 0.25) is 0 Å². The molecule has 0 aromatic carbocycles. The predicted molar refractivity (Wildman–Crippen MR) is 46.3 cm³/mol. The zero-order valence-corrected chi connectivity index (χ0v) is 7.71. The van der Waals surface area contributed by atoms with Crippen molar-refractivity contribution in [2.75, 3.05) is 6.61 Å². The fourth-order valence-electron chi connectivity index (χ4n) is 0.982. The van der Waals surface area contributed by atoms with E-state index >= 15 is 0 Å². The maximum absolute atomic E-state index is 11.0. The molecule has 0 aliphatic rings. The minimum atomic E-state index is -1.58. The van der Waals surface area contributed by atoms with E-state index in [0.29, 0.717) is 5.56 Å². The third kappa shape index (κ3) is 2.34. The number of carbonyl (C=O) groups excluding carboxylic acids is 1. The van der Waals surface area contributed by atoms with Crippen molar-refractivity contribution in [3.05, 3.63) is 24.2 Å². The largest absolute Gasteiger partial charge is 0.472 e. The first-order valence-corrected chi connectivity index (χ1v) is 4.21. The summed E-state index contributed by atoms with van der Waals surface area (Å²) in [6.45, 7) is 1.78. The molecular weight excluding hydrogens is 188 g/mol. The molecule has 0 amide bonds. The molecule has 0 spiro atoms. The van der Waals surface area contributed by atoms with E-state index in [1.807, 2.05) is 0 Å². The topological polar surface area (TPSA) is 79.9 Å². The Balaban J connectivity index is 2.61. The molecule has 0 unspecified atom stereocenters. The Morgan fingerprint density at radius 1 is 1.64 bits per heavy atom. The highest BCUT2D eigenvalue weighted by molar-refractivity contribution is 5.75. The minimum Gasteiger partial charge on any atom is -0.472 e. The Morgan fingerprint density at radius 2 is 2.36 bits per heavy atom. The molecule has 14 heavy (non-hydrogen) atoms. The Labute approximate surface area is 80.9 Å². The Morgan fingerprint density at radius 3 is 2.86 bits per heavy atom. The number of furan rings is 1. The van der Waals surface area contributed by atoms with Crippen molar-refractivity contribution in [3.63, 3.8) is 0 Å². The van der Waals surface area contributed by atoms with Gasteiger partial charge in [0.25, 0.3) is 0 Å². The second-order valence-electron chi connectivity index (χ2n) is 2.70. The second kappa shape index (κ2) is 4.78. The van der Waals surface area contributed by atoms with Crippen molar-refractivity contribution in [2.45, 2.75) is 19.1 Å². The van der Waals surface area contributed by atoms with Gasteiger partial charge in [0.05, 0.1) is 19.1 Å². The first-order chi connectivity index (χ1) is 6.66. The van der Waals surface area contributed by atoms with Gasteiger partial charge in [0, 0.05) is 5.56 Å². The molecule has 0 saturated carbocycles. The number of rotatable bonds is 4. The van der Waals surface area contributed by atoms with Crippen molar-refractivity contribution < 1.29 is 24.2 Å². The lowest BCUT2D eigenvalue weighted by atomic mass is 10.1. The zero-order valence-electron chi connectivity index (χ0n) is 7.71. The fraction of sp³-hybridized carbons (Fsp3) is 0.444. The molecule has 2 atom stereocenters. The molecule has 78 valence electrons. The van der Waals surface area contributed by atoms with Crippen LogP contribution in [-0.4, -0.2) is 28.9 Å². The molecule has 5 heteroatoms. The summed E-state index contributed by atoms with van der Waals surface area (Å²) in [5.41, 5.74) is 0.338. The highest BCUT2D eigenvalue weighted by atomic mass is 16.5. The molecule has 0 fully saturated rings. The molecule has 5 nitrogen and oxygen atoms in total. The van der Waals surface area contributed by atoms with Gasteiger partial charge in [-0.2, -0.15) is 0 Å². The van der Waals surface area contributed by atoms with Crippen LogP contribution in [-0.2, 0) is 9.53 Å². The Bertz CT molecular complexity index is 279. The SMILES string of the molecule is CCOC(=O)[C@@H](O)[C@H](O)c1ccoc1. The molecule has 1 aromatic heterocycles. The van der Waals surface area contributed by atoms with E-state index in [-0.39, 0.29) is 6.61 Å². The van der Waals surface area contributed by atoms with Gasteiger partial charge in [-0.1, -0.05) is 0 Å². The highest BCUT2D eigenvalue weighted by Crippen LogP contribution is 2.17. The van der Waals surface area contributed by atoms with Crippen LogP contribution in [0.15, 0.2) is 23.0 Å². The minimum absolute atomic E-state index is 0.161. The Kier molecular flexibility index (Phi) is 3.67. The van der Waals surface area contributed by atoms with Crippen molar-refractivity contribution in [1.82, 2.24) is 0 Å². The van der Waals surface area contributed by atoms with E-state index in [1.54, 1.807) is 6.92 Å². The van der Waals surface area contributed by atoms with E-state index in [2.05, 4.69) is 4.74 Å². The van der Waals surface area contributed by atoms with Crippen LogP contribution >= 0.6 is 0 Å². The van der Waals surface area contributed by atoms with E-state index < -0.39 is 18.2 Å². The van der Waals surface area contributed by atoms with Crippen LogP contribution in [0, 0.1) is 0 Å². The summed E-state index contributed by atoms with van der Waals surface area (Å²) >= 11 is 0. The third-order valence-corrected chi connectivity index (χ3v) is 1.71. The van der Waals surface area contributed by atoms with Crippen LogP contribution in [0.25, 0.3) is 0 Å². The van der Waals surface area contributed by atoms with Crippen LogP contribution in [0.5, 0.6) is 0 Å². The van der Waals surface area contributed by atoms with Crippen LogP contribution < -0.4 is 0 Å². The molecule has 0 radical (unpaired) electrons. The lowest BCUT2D eigenvalue weighted by molar-refractivity contribution is -0.159. The van der Waals surface area contributed by atoms with Gasteiger partial charge in [-0.3, -0.25) is 0 Å². The van der Waals surface area contributed by atoms with Gasteiger partial charge in [0.1, 0.15) is 6.10 Å². The average molecular weight is 200 g/mol. The van der Waals surface area contributed by atoms with Gasteiger partial charge in [-0.05, 0) is 13.0 Å². The third-order valence-electron chi connectivity index (χ3n) is 1.71. The van der Waals surface area contributed by atoms with Crippen molar-refractivity contribution in [3.8, 4) is 0 Å². The van der Waals surface area contributed by atoms with Crippen molar-refractivity contribution >= 4 is 5.97 Å². The second-order valence-corrected chi connectivity index (χ2v) is 2.70. The molecule has 1 heterocycles. The van der Waals surface area contributed by atoms with Crippen molar-refractivity contribution in [1.29, 1.82) is 0 Å². The summed E-state index contributed by atoms with van der Waals surface area (Å²) in [5, 5.41) is 18.8. The van der Waals surface area contributed by atoms with Gasteiger partial charge in [0.2, 0.25) is 0 Å². The summed E-state index contributed by atoms with van der Waals surface area (Å²) in [5.74, 6) is -0.846. The number of carbonyl (C=O) groups is 1. The smallest absolute Gasteiger partial charge is 0.338 e. The molecule has 0 aliphatic heterocycles. The van der Waals surface area contributed by atoms with E-state index in [9.17, 15) is 15.0 Å². The van der Waals surface area contributed by atoms with E-state index in [4.69, 9.17) is 4.42 Å². The standard InChI is InChI=1S/C9H12O5/c1-2-14-9(12)8(11)7(10)6-3-4-13-5-6/h3-5,7-8,10-11H,2H2,1H3/t7-,8+/m1/s1. The molecule has 0 bridgehead atoms. The molecule has 1 rings (SSSR count). The lowest BCUT2D eigenvalue weighted by Crippen LogP contribution is -2.29. The number of aliphatic hydroxyl groups is 2. The maximum Gasteiger partial charge on any atom is 0.338 e. The van der Waals surface area contributed by atoms with Crippen LogP contribution in [0.4, 0.5) is 0 Å². The van der Waals surface area contributed by atoms with Crippen LogP contribution in [0.3, 0.4) is 0 Å². The molecule has 0 saturated heterocycles. The van der Waals surface area contributed by atoms with E-state index in [1.165, 1.54) is 18.6 Å². The van der Waals surface area contributed by atoms with Gasteiger partial charge >= 0.3 is 5.97 Å². The average Bonchev–Trinajstić information content (AvgIpc) is 2.68. The maximum atomic E-state index is 11.0. The van der Waals surface area contributed by atoms with Crippen LogP contribution in [0.1, 0.15) is 18.6 Å². The quantitative estimate of drug-likeness (QED) is 0.680. The first-order valence-electron chi connectivity index (χ1n) is 4.21. The molecule has 2 N–H and O–H groups in total.